The number of azo groups is 1. The minimum atomic E-state index is -0.226. The summed E-state index contributed by atoms with van der Waals surface area (Å²) in [6.07, 6.45) is 6.33. The van der Waals surface area contributed by atoms with Crippen LogP contribution >= 0.6 is 0 Å². The number of nitrogens with zero attached hydrogens (tertiary/aromatic N) is 3. The van der Waals surface area contributed by atoms with Gasteiger partial charge in [0.1, 0.15) is 5.75 Å². The molecule has 1 aliphatic heterocycles. The lowest BCUT2D eigenvalue weighted by Crippen LogP contribution is -2.39. The van der Waals surface area contributed by atoms with Crippen molar-refractivity contribution in [2.75, 3.05) is 27.2 Å². The maximum Gasteiger partial charge on any atom is 0.164 e. The summed E-state index contributed by atoms with van der Waals surface area (Å²) in [6, 6.07) is 16.6. The summed E-state index contributed by atoms with van der Waals surface area (Å²) < 4.78 is 5.64. The van der Waals surface area contributed by atoms with Gasteiger partial charge in [-0.2, -0.15) is 5.11 Å². The van der Waals surface area contributed by atoms with Gasteiger partial charge in [0.15, 0.2) is 5.84 Å². The summed E-state index contributed by atoms with van der Waals surface area (Å²) in [5, 5.41) is 16.7. The molecule has 149 valence electrons. The Morgan fingerprint density at radius 2 is 1.83 bits per heavy atom. The lowest BCUT2D eigenvalue weighted by molar-refractivity contribution is 0.186. The van der Waals surface area contributed by atoms with E-state index >= 15 is 0 Å². The average Bonchev–Trinajstić information content (AvgIpc) is 3.60. The van der Waals surface area contributed by atoms with E-state index in [1.807, 2.05) is 12.1 Å². The first-order chi connectivity index (χ1) is 14.2. The van der Waals surface area contributed by atoms with Crippen LogP contribution in [0.15, 0.2) is 64.8 Å². The van der Waals surface area contributed by atoms with Gasteiger partial charge in [-0.15, -0.1) is 5.11 Å². The summed E-state index contributed by atoms with van der Waals surface area (Å²) in [5.41, 5.74) is 4.72. The highest BCUT2D eigenvalue weighted by molar-refractivity contribution is 5.94. The Bertz CT molecular complexity index is 927. The van der Waals surface area contributed by atoms with Gasteiger partial charge < -0.3 is 4.74 Å². The number of likely N-dealkylation sites (tertiary alicyclic amines) is 1. The molecule has 1 N–H and O–H groups in total. The van der Waals surface area contributed by atoms with E-state index in [2.05, 4.69) is 64.0 Å². The van der Waals surface area contributed by atoms with Gasteiger partial charge in [-0.1, -0.05) is 48.5 Å². The Morgan fingerprint density at radius 3 is 2.45 bits per heavy atom. The molecule has 4 rings (SSSR count). The summed E-state index contributed by atoms with van der Waals surface area (Å²) in [7, 11) is 3.32. The zero-order valence-electron chi connectivity index (χ0n) is 17.0. The summed E-state index contributed by atoms with van der Waals surface area (Å²) in [4.78, 5) is 2.37. The fourth-order valence-electron chi connectivity index (χ4n) is 4.36. The van der Waals surface area contributed by atoms with E-state index in [0.717, 1.165) is 42.8 Å². The van der Waals surface area contributed by atoms with Crippen LogP contribution in [-0.4, -0.2) is 38.0 Å². The van der Waals surface area contributed by atoms with E-state index < -0.39 is 0 Å². The monoisotopic (exact) mass is 387 g/mol. The van der Waals surface area contributed by atoms with Crippen molar-refractivity contribution in [3.05, 3.63) is 77.7 Å². The second kappa shape index (κ2) is 8.70. The van der Waals surface area contributed by atoms with Gasteiger partial charge in [0.05, 0.1) is 13.2 Å². The van der Waals surface area contributed by atoms with Gasteiger partial charge in [-0.25, -0.2) is 0 Å². The van der Waals surface area contributed by atoms with Gasteiger partial charge >= 0.3 is 0 Å². The SMILES string of the molecule is CN=NC(=N)C(c1cccc(OC)c1C1=C[CH]1)N1CCC(c2ccccc2)CC1. The predicted octanol–water partition coefficient (Wildman–Crippen LogP) is 5.28. The Hall–Kier alpha value is -2.79. The molecule has 2 aromatic carbocycles. The third kappa shape index (κ3) is 4.15. The Kier molecular flexibility index (Phi) is 5.86. The maximum atomic E-state index is 8.65. The molecule has 5 nitrogen and oxygen atoms in total. The number of methoxy groups -OCH3 is 1. The van der Waals surface area contributed by atoms with E-state index in [1.54, 1.807) is 14.2 Å². The number of rotatable bonds is 6. The first-order valence-electron chi connectivity index (χ1n) is 10.1. The van der Waals surface area contributed by atoms with Crippen LogP contribution in [0.1, 0.15) is 41.5 Å². The quantitative estimate of drug-likeness (QED) is 0.417. The van der Waals surface area contributed by atoms with Gasteiger partial charge in [-0.05, 0) is 54.6 Å². The van der Waals surface area contributed by atoms with E-state index in [0.29, 0.717) is 5.92 Å². The van der Waals surface area contributed by atoms with E-state index in [9.17, 15) is 0 Å². The van der Waals surface area contributed by atoms with Crippen molar-refractivity contribution in [2.24, 2.45) is 10.2 Å². The molecule has 0 amide bonds. The van der Waals surface area contributed by atoms with Crippen molar-refractivity contribution in [1.82, 2.24) is 4.90 Å². The van der Waals surface area contributed by atoms with Crippen molar-refractivity contribution in [3.8, 4) is 5.75 Å². The Balaban J connectivity index is 1.63. The Morgan fingerprint density at radius 1 is 1.10 bits per heavy atom. The molecular weight excluding hydrogens is 360 g/mol. The zero-order valence-corrected chi connectivity index (χ0v) is 17.0. The molecule has 0 saturated carbocycles. The fourth-order valence-corrected chi connectivity index (χ4v) is 4.36. The van der Waals surface area contributed by atoms with Crippen molar-refractivity contribution in [3.63, 3.8) is 0 Å². The largest absolute Gasteiger partial charge is 0.496 e. The van der Waals surface area contributed by atoms with Gasteiger partial charge in [-0.3, -0.25) is 10.3 Å². The van der Waals surface area contributed by atoms with Crippen LogP contribution in [0.2, 0.25) is 0 Å². The van der Waals surface area contributed by atoms with Crippen LogP contribution in [0.5, 0.6) is 5.75 Å². The molecule has 1 radical (unpaired) electrons. The minimum Gasteiger partial charge on any atom is -0.496 e. The second-order valence-corrected chi connectivity index (χ2v) is 7.52. The molecule has 1 heterocycles. The van der Waals surface area contributed by atoms with Crippen LogP contribution in [-0.2, 0) is 0 Å². The van der Waals surface area contributed by atoms with Crippen LogP contribution in [0.4, 0.5) is 0 Å². The highest BCUT2D eigenvalue weighted by atomic mass is 16.5. The van der Waals surface area contributed by atoms with Crippen molar-refractivity contribution < 1.29 is 4.74 Å². The number of nitrogens with one attached hydrogen (secondary N) is 1. The molecule has 0 aromatic heterocycles. The van der Waals surface area contributed by atoms with Crippen molar-refractivity contribution in [2.45, 2.75) is 24.8 Å². The lowest BCUT2D eigenvalue weighted by Gasteiger charge is -2.38. The molecule has 1 aliphatic carbocycles. The molecule has 1 atom stereocenters. The molecule has 2 aliphatic rings. The van der Waals surface area contributed by atoms with Gasteiger partial charge in [0.2, 0.25) is 0 Å². The number of hydrogen-bond acceptors (Lipinski definition) is 4. The van der Waals surface area contributed by atoms with Crippen LogP contribution in [0.25, 0.3) is 5.57 Å². The molecule has 0 spiro atoms. The molecule has 1 saturated heterocycles. The third-order valence-corrected chi connectivity index (χ3v) is 5.83. The van der Waals surface area contributed by atoms with E-state index in [4.69, 9.17) is 10.1 Å². The molecule has 29 heavy (non-hydrogen) atoms. The van der Waals surface area contributed by atoms with Crippen LogP contribution in [0.3, 0.4) is 0 Å². The highest BCUT2D eigenvalue weighted by Crippen LogP contribution is 2.43. The maximum absolute atomic E-state index is 8.65. The lowest BCUT2D eigenvalue weighted by atomic mass is 9.87. The smallest absolute Gasteiger partial charge is 0.164 e. The van der Waals surface area contributed by atoms with Crippen molar-refractivity contribution in [1.29, 1.82) is 5.41 Å². The molecule has 1 unspecified atom stereocenters. The average molecular weight is 388 g/mol. The number of amidine groups is 1. The predicted molar refractivity (Wildman–Crippen MR) is 117 cm³/mol. The van der Waals surface area contributed by atoms with Crippen molar-refractivity contribution >= 4 is 11.4 Å². The third-order valence-electron chi connectivity index (χ3n) is 5.83. The zero-order chi connectivity index (χ0) is 20.2. The van der Waals surface area contributed by atoms with Gasteiger partial charge in [0, 0.05) is 19.0 Å². The number of allylic oxidation sites excluding steroid dienone is 2. The van der Waals surface area contributed by atoms with Crippen LogP contribution < -0.4 is 4.74 Å². The molecular formula is C24H27N4O. The van der Waals surface area contributed by atoms with E-state index in [-0.39, 0.29) is 11.9 Å². The number of piperidine rings is 1. The first-order valence-corrected chi connectivity index (χ1v) is 10.1. The first kappa shape index (κ1) is 19.5. The highest BCUT2D eigenvalue weighted by Gasteiger charge is 2.33. The molecule has 5 heteroatoms. The number of benzene rings is 2. The normalized spacial score (nSPS) is 18.5. The number of ether oxygens (including phenoxy) is 1. The summed E-state index contributed by atoms with van der Waals surface area (Å²) in [6.45, 7) is 1.84. The molecule has 0 bridgehead atoms. The fraction of sp³-hybridized carbons (Fsp3) is 0.333. The standard InChI is InChI=1S/C24H27N4O/c1-26-27-24(25)23(20-9-6-10-21(29-2)22(20)19-11-12-19)28-15-13-18(14-16-28)17-7-4-3-5-8-17/h3-12,18,23,25H,13-16H2,1-2H3. The summed E-state index contributed by atoms with van der Waals surface area (Å²) >= 11 is 0. The van der Waals surface area contributed by atoms with Crippen LogP contribution in [0, 0.1) is 11.8 Å². The Labute approximate surface area is 172 Å². The molecule has 2 aromatic rings. The topological polar surface area (TPSA) is 61.0 Å². The second-order valence-electron chi connectivity index (χ2n) is 7.52. The van der Waals surface area contributed by atoms with E-state index in [1.165, 1.54) is 11.1 Å². The molecule has 1 fully saturated rings. The number of hydrogen-bond donors (Lipinski definition) is 1. The van der Waals surface area contributed by atoms with Gasteiger partial charge in [0.25, 0.3) is 0 Å². The summed E-state index contributed by atoms with van der Waals surface area (Å²) in [5.74, 6) is 1.69. The minimum absolute atomic E-state index is 0.226.